The number of nitrogens with one attached hydrogen (secondary N) is 1. The SMILES string of the molecule is CCNC(=O)O[C@@H]1O[C@@H](C)[C@H](OC)[C@@H](OC)[C@H]1OC. The summed E-state index contributed by atoms with van der Waals surface area (Å²) < 4.78 is 26.9. The highest BCUT2D eigenvalue weighted by Crippen LogP contribution is 2.27. The van der Waals surface area contributed by atoms with Crippen LogP contribution >= 0.6 is 0 Å². The van der Waals surface area contributed by atoms with Crippen molar-refractivity contribution in [1.29, 1.82) is 0 Å². The highest BCUT2D eigenvalue weighted by Gasteiger charge is 2.47. The van der Waals surface area contributed by atoms with Crippen LogP contribution < -0.4 is 5.32 Å². The van der Waals surface area contributed by atoms with E-state index in [9.17, 15) is 4.79 Å². The predicted molar refractivity (Wildman–Crippen MR) is 66.9 cm³/mol. The fraction of sp³-hybridized carbons (Fsp3) is 0.917. The van der Waals surface area contributed by atoms with Gasteiger partial charge in [-0.3, -0.25) is 0 Å². The van der Waals surface area contributed by atoms with Gasteiger partial charge in [0, 0.05) is 27.9 Å². The molecular formula is C12H23NO6. The Labute approximate surface area is 113 Å². The molecule has 1 aliphatic rings. The number of alkyl carbamates (subject to hydrolysis) is 1. The number of carbonyl (C=O) groups is 1. The highest BCUT2D eigenvalue weighted by molar-refractivity contribution is 5.67. The first-order valence-electron chi connectivity index (χ1n) is 6.27. The summed E-state index contributed by atoms with van der Waals surface area (Å²) in [5.74, 6) is 0. The van der Waals surface area contributed by atoms with Crippen LogP contribution in [0.1, 0.15) is 13.8 Å². The van der Waals surface area contributed by atoms with Crippen molar-refractivity contribution in [3.8, 4) is 0 Å². The second kappa shape index (κ2) is 7.64. The number of ether oxygens (including phenoxy) is 5. The van der Waals surface area contributed by atoms with Gasteiger partial charge in [0.15, 0.2) is 0 Å². The molecule has 0 aromatic carbocycles. The molecule has 0 aromatic rings. The smallest absolute Gasteiger partial charge is 0.409 e. The lowest BCUT2D eigenvalue weighted by atomic mass is 9.99. The molecule has 7 heteroatoms. The summed E-state index contributed by atoms with van der Waals surface area (Å²) >= 11 is 0. The third-order valence-corrected chi connectivity index (χ3v) is 3.09. The quantitative estimate of drug-likeness (QED) is 0.789. The lowest BCUT2D eigenvalue weighted by Crippen LogP contribution is -2.60. The number of methoxy groups -OCH3 is 3. The van der Waals surface area contributed by atoms with E-state index in [0.29, 0.717) is 6.54 Å². The Kier molecular flexibility index (Phi) is 6.50. The van der Waals surface area contributed by atoms with E-state index >= 15 is 0 Å². The van der Waals surface area contributed by atoms with Crippen molar-refractivity contribution < 1.29 is 28.5 Å². The van der Waals surface area contributed by atoms with Crippen LogP contribution in [0, 0.1) is 0 Å². The Morgan fingerprint density at radius 2 is 1.68 bits per heavy atom. The van der Waals surface area contributed by atoms with Gasteiger partial charge in [-0.05, 0) is 13.8 Å². The first-order valence-corrected chi connectivity index (χ1v) is 6.27. The largest absolute Gasteiger partial charge is 0.417 e. The summed E-state index contributed by atoms with van der Waals surface area (Å²) in [6, 6.07) is 0. The maximum atomic E-state index is 11.5. The zero-order valence-electron chi connectivity index (χ0n) is 12.0. The molecule has 5 atom stereocenters. The minimum absolute atomic E-state index is 0.277. The van der Waals surface area contributed by atoms with Crippen molar-refractivity contribution in [2.75, 3.05) is 27.9 Å². The van der Waals surface area contributed by atoms with E-state index in [1.54, 1.807) is 21.1 Å². The Morgan fingerprint density at radius 3 is 2.16 bits per heavy atom. The Morgan fingerprint density at radius 1 is 1.11 bits per heavy atom. The van der Waals surface area contributed by atoms with E-state index in [0.717, 1.165) is 0 Å². The normalized spacial score (nSPS) is 34.9. The summed E-state index contributed by atoms with van der Waals surface area (Å²) in [6.07, 6.45) is -2.87. The summed E-state index contributed by atoms with van der Waals surface area (Å²) in [5.41, 5.74) is 0. The molecule has 1 heterocycles. The van der Waals surface area contributed by atoms with Gasteiger partial charge in [0.05, 0.1) is 6.10 Å². The average molecular weight is 277 g/mol. The van der Waals surface area contributed by atoms with Crippen molar-refractivity contribution in [3.63, 3.8) is 0 Å². The first-order chi connectivity index (χ1) is 9.08. The molecule has 0 aliphatic carbocycles. The Hall–Kier alpha value is -0.890. The van der Waals surface area contributed by atoms with Gasteiger partial charge >= 0.3 is 6.09 Å². The van der Waals surface area contributed by atoms with Crippen LogP contribution in [0.15, 0.2) is 0 Å². The molecule has 0 unspecified atom stereocenters. The van der Waals surface area contributed by atoms with E-state index in [2.05, 4.69) is 5.32 Å². The fourth-order valence-corrected chi connectivity index (χ4v) is 2.20. The lowest BCUT2D eigenvalue weighted by molar-refractivity contribution is -0.289. The number of hydrogen-bond acceptors (Lipinski definition) is 6. The minimum atomic E-state index is -0.831. The molecule has 1 aliphatic heterocycles. The zero-order valence-corrected chi connectivity index (χ0v) is 12.0. The third-order valence-electron chi connectivity index (χ3n) is 3.09. The van der Waals surface area contributed by atoms with E-state index < -0.39 is 18.5 Å². The van der Waals surface area contributed by atoms with Gasteiger partial charge in [0.2, 0.25) is 6.29 Å². The number of rotatable bonds is 5. The standard InChI is InChI=1S/C12H23NO6/c1-6-13-12(14)19-11-10(17-5)9(16-4)8(15-3)7(2)18-11/h7-11H,6H2,1-5H3,(H,13,14)/t7-,8-,9+,10+,11-/m0/s1. The van der Waals surface area contributed by atoms with Gasteiger partial charge in [-0.1, -0.05) is 0 Å². The second-order valence-corrected chi connectivity index (χ2v) is 4.25. The molecule has 1 rings (SSSR count). The molecular weight excluding hydrogens is 254 g/mol. The average Bonchev–Trinajstić information content (AvgIpc) is 2.38. The van der Waals surface area contributed by atoms with E-state index in [1.165, 1.54) is 7.11 Å². The van der Waals surface area contributed by atoms with E-state index in [1.807, 2.05) is 6.92 Å². The highest BCUT2D eigenvalue weighted by atomic mass is 16.7. The van der Waals surface area contributed by atoms with Gasteiger partial charge in [-0.15, -0.1) is 0 Å². The molecule has 112 valence electrons. The Balaban J connectivity index is 2.78. The van der Waals surface area contributed by atoms with Gasteiger partial charge in [-0.2, -0.15) is 0 Å². The summed E-state index contributed by atoms with van der Waals surface area (Å²) in [6.45, 7) is 4.12. The van der Waals surface area contributed by atoms with Crippen molar-refractivity contribution in [1.82, 2.24) is 5.32 Å². The van der Waals surface area contributed by atoms with Crippen molar-refractivity contribution in [2.24, 2.45) is 0 Å². The maximum Gasteiger partial charge on any atom is 0.409 e. The molecule has 1 N–H and O–H groups in total. The molecule has 1 saturated heterocycles. The first kappa shape index (κ1) is 16.2. The summed E-state index contributed by atoms with van der Waals surface area (Å²) in [5, 5.41) is 2.54. The molecule has 0 radical (unpaired) electrons. The maximum absolute atomic E-state index is 11.5. The number of hydrogen-bond donors (Lipinski definition) is 1. The van der Waals surface area contributed by atoms with Crippen LogP contribution in [-0.2, 0) is 23.7 Å². The Bertz CT molecular complexity index is 287. The van der Waals surface area contributed by atoms with Crippen molar-refractivity contribution in [3.05, 3.63) is 0 Å². The molecule has 7 nitrogen and oxygen atoms in total. The lowest BCUT2D eigenvalue weighted by Gasteiger charge is -2.43. The van der Waals surface area contributed by atoms with Gasteiger partial charge in [0.25, 0.3) is 0 Å². The summed E-state index contributed by atoms with van der Waals surface area (Å²) in [4.78, 5) is 11.5. The topological polar surface area (TPSA) is 75.3 Å². The molecule has 0 spiro atoms. The van der Waals surface area contributed by atoms with Crippen molar-refractivity contribution in [2.45, 2.75) is 44.6 Å². The van der Waals surface area contributed by atoms with Crippen LogP contribution in [0.4, 0.5) is 4.79 Å². The van der Waals surface area contributed by atoms with Gasteiger partial charge < -0.3 is 29.0 Å². The zero-order chi connectivity index (χ0) is 14.4. The van der Waals surface area contributed by atoms with Crippen LogP contribution in [0.2, 0.25) is 0 Å². The van der Waals surface area contributed by atoms with Crippen LogP contribution in [-0.4, -0.2) is 64.7 Å². The van der Waals surface area contributed by atoms with Crippen molar-refractivity contribution >= 4 is 6.09 Å². The molecule has 1 fully saturated rings. The van der Waals surface area contributed by atoms with E-state index in [-0.39, 0.29) is 18.3 Å². The van der Waals surface area contributed by atoms with Crippen LogP contribution in [0.3, 0.4) is 0 Å². The molecule has 0 bridgehead atoms. The predicted octanol–water partition coefficient (Wildman–Crippen LogP) is 0.522. The number of carbonyl (C=O) groups excluding carboxylic acids is 1. The molecule has 0 saturated carbocycles. The van der Waals surface area contributed by atoms with E-state index in [4.69, 9.17) is 23.7 Å². The van der Waals surface area contributed by atoms with Gasteiger partial charge in [0.1, 0.15) is 18.3 Å². The third kappa shape index (κ3) is 3.79. The fourth-order valence-electron chi connectivity index (χ4n) is 2.20. The monoisotopic (exact) mass is 277 g/mol. The molecule has 19 heavy (non-hydrogen) atoms. The molecule has 1 amide bonds. The van der Waals surface area contributed by atoms with Crippen LogP contribution in [0.25, 0.3) is 0 Å². The minimum Gasteiger partial charge on any atom is -0.417 e. The number of amides is 1. The van der Waals surface area contributed by atoms with Crippen LogP contribution in [0.5, 0.6) is 0 Å². The summed E-state index contributed by atoms with van der Waals surface area (Å²) in [7, 11) is 4.65. The van der Waals surface area contributed by atoms with Gasteiger partial charge in [-0.25, -0.2) is 4.79 Å². The molecule has 0 aromatic heterocycles. The second-order valence-electron chi connectivity index (χ2n) is 4.25.